The van der Waals surface area contributed by atoms with E-state index >= 15 is 0 Å². The Labute approximate surface area is 194 Å². The van der Waals surface area contributed by atoms with Crippen molar-refractivity contribution in [3.05, 3.63) is 64.3 Å². The summed E-state index contributed by atoms with van der Waals surface area (Å²) in [7, 11) is 1.85. The fourth-order valence-electron chi connectivity index (χ4n) is 5.51. The lowest BCUT2D eigenvalue weighted by molar-refractivity contribution is -0.138. The van der Waals surface area contributed by atoms with E-state index in [1.165, 1.54) is 5.56 Å². The number of hydrogen-bond acceptors (Lipinski definition) is 4. The number of imidazole rings is 1. The van der Waals surface area contributed by atoms with Crippen molar-refractivity contribution in [2.24, 2.45) is 13.0 Å². The number of fused-ring (bicyclic) bond motifs is 1. The minimum absolute atomic E-state index is 0.0435. The Bertz CT molecular complexity index is 1180. The van der Waals surface area contributed by atoms with E-state index in [0.717, 1.165) is 75.0 Å². The molecule has 2 fully saturated rings. The fraction of sp³-hybridized carbons (Fsp3) is 0.500. The number of carbonyl (C=O) groups is 1. The number of aryl methyl sites for hydroxylation is 2. The van der Waals surface area contributed by atoms with E-state index in [9.17, 15) is 9.59 Å². The zero-order chi connectivity index (χ0) is 22.9. The summed E-state index contributed by atoms with van der Waals surface area (Å²) >= 11 is 0. The van der Waals surface area contributed by atoms with Crippen LogP contribution >= 0.6 is 0 Å². The Kier molecular flexibility index (Phi) is 6.06. The first-order valence-corrected chi connectivity index (χ1v) is 12.1. The van der Waals surface area contributed by atoms with Crippen molar-refractivity contribution in [2.75, 3.05) is 26.2 Å². The van der Waals surface area contributed by atoms with Gasteiger partial charge in [-0.2, -0.15) is 0 Å². The molecule has 5 rings (SSSR count). The molecule has 0 bridgehead atoms. The van der Waals surface area contributed by atoms with Gasteiger partial charge < -0.3 is 4.90 Å². The van der Waals surface area contributed by atoms with Crippen LogP contribution in [0.4, 0.5) is 0 Å². The lowest BCUT2D eigenvalue weighted by Gasteiger charge is -2.37. The van der Waals surface area contributed by atoms with Gasteiger partial charge in [-0.1, -0.05) is 6.07 Å². The number of rotatable bonds is 4. The summed E-state index contributed by atoms with van der Waals surface area (Å²) in [6.07, 6.45) is 7.18. The summed E-state index contributed by atoms with van der Waals surface area (Å²) in [5.41, 5.74) is 4.46. The van der Waals surface area contributed by atoms with E-state index in [1.54, 1.807) is 4.57 Å². The summed E-state index contributed by atoms with van der Waals surface area (Å²) in [5, 5.41) is 0. The van der Waals surface area contributed by atoms with Crippen LogP contribution in [0.2, 0.25) is 0 Å². The van der Waals surface area contributed by atoms with Gasteiger partial charge in [-0.3, -0.25) is 23.8 Å². The molecule has 0 saturated carbocycles. The molecule has 1 amide bonds. The predicted octanol–water partition coefficient (Wildman–Crippen LogP) is 3.12. The predicted molar refractivity (Wildman–Crippen MR) is 129 cm³/mol. The summed E-state index contributed by atoms with van der Waals surface area (Å²) in [5.74, 6) is 0.427. The van der Waals surface area contributed by atoms with Crippen molar-refractivity contribution in [3.63, 3.8) is 0 Å². The third-order valence-corrected chi connectivity index (χ3v) is 7.48. The number of aromatic nitrogens is 3. The van der Waals surface area contributed by atoms with Gasteiger partial charge in [-0.05, 0) is 81.1 Å². The fourth-order valence-corrected chi connectivity index (χ4v) is 5.51. The highest BCUT2D eigenvalue weighted by molar-refractivity contribution is 5.79. The number of benzene rings is 1. The van der Waals surface area contributed by atoms with Gasteiger partial charge in [-0.25, -0.2) is 4.79 Å². The van der Waals surface area contributed by atoms with E-state index in [4.69, 9.17) is 0 Å². The Morgan fingerprint density at radius 3 is 2.36 bits per heavy atom. The lowest BCUT2D eigenvalue weighted by Crippen LogP contribution is -2.46. The first-order chi connectivity index (χ1) is 16.0. The second-order valence-electron chi connectivity index (χ2n) is 9.67. The molecule has 0 aliphatic carbocycles. The van der Waals surface area contributed by atoms with Crippen LogP contribution in [0.3, 0.4) is 0 Å². The number of nitrogens with zero attached hydrogens (tertiary/aromatic N) is 5. The van der Waals surface area contributed by atoms with Crippen LogP contribution in [0.5, 0.6) is 0 Å². The molecule has 0 unspecified atom stereocenters. The minimum atomic E-state index is 0.0435. The van der Waals surface area contributed by atoms with Gasteiger partial charge in [0.05, 0.1) is 11.0 Å². The number of likely N-dealkylation sites (tertiary alicyclic amines) is 2. The van der Waals surface area contributed by atoms with Crippen molar-refractivity contribution in [2.45, 2.75) is 45.2 Å². The van der Waals surface area contributed by atoms with Gasteiger partial charge in [-0.15, -0.1) is 0 Å². The van der Waals surface area contributed by atoms with Crippen molar-refractivity contribution in [1.82, 2.24) is 23.9 Å². The number of pyridine rings is 1. The van der Waals surface area contributed by atoms with Crippen molar-refractivity contribution in [1.29, 1.82) is 0 Å². The third-order valence-electron chi connectivity index (χ3n) is 7.48. The van der Waals surface area contributed by atoms with Crippen LogP contribution in [0.1, 0.15) is 42.9 Å². The minimum Gasteiger partial charge on any atom is -0.342 e. The van der Waals surface area contributed by atoms with Gasteiger partial charge >= 0.3 is 5.69 Å². The summed E-state index contributed by atoms with van der Waals surface area (Å²) in [4.78, 5) is 34.7. The molecule has 3 aromatic rings. The van der Waals surface area contributed by atoms with Crippen LogP contribution in [-0.4, -0.2) is 56.0 Å². The van der Waals surface area contributed by atoms with Gasteiger partial charge in [0.2, 0.25) is 5.91 Å². The molecule has 0 atom stereocenters. The van der Waals surface area contributed by atoms with E-state index in [-0.39, 0.29) is 17.6 Å². The van der Waals surface area contributed by atoms with Crippen LogP contribution in [-0.2, 0) is 18.4 Å². The maximum atomic E-state index is 13.2. The molecule has 7 nitrogen and oxygen atoms in total. The Hall–Kier alpha value is -2.93. The van der Waals surface area contributed by atoms with E-state index in [2.05, 4.69) is 47.1 Å². The van der Waals surface area contributed by atoms with Crippen molar-refractivity contribution < 1.29 is 4.79 Å². The molecule has 0 spiro atoms. The van der Waals surface area contributed by atoms with Crippen LogP contribution in [0, 0.1) is 12.8 Å². The zero-order valence-corrected chi connectivity index (χ0v) is 19.6. The van der Waals surface area contributed by atoms with Crippen molar-refractivity contribution >= 4 is 16.9 Å². The molecule has 2 aromatic heterocycles. The zero-order valence-electron chi connectivity index (χ0n) is 19.6. The normalized spacial score (nSPS) is 18.8. The van der Waals surface area contributed by atoms with E-state index in [1.807, 2.05) is 28.9 Å². The van der Waals surface area contributed by atoms with Gasteiger partial charge in [0.25, 0.3) is 0 Å². The molecule has 2 aliphatic rings. The number of carbonyl (C=O) groups excluding carboxylic acids is 1. The van der Waals surface area contributed by atoms with Crippen LogP contribution in [0.15, 0.2) is 47.5 Å². The first-order valence-electron chi connectivity index (χ1n) is 12.1. The SMILES string of the molecule is Cc1ccc2c(c1)n(C)c(=O)n2C1CCN(C(=O)C2CCN(Cc3ccncc3)CC2)CC1. The maximum Gasteiger partial charge on any atom is 0.329 e. The highest BCUT2D eigenvalue weighted by atomic mass is 16.2. The first kappa shape index (κ1) is 21.9. The molecular formula is C26H33N5O2. The number of piperidine rings is 2. The highest BCUT2D eigenvalue weighted by Crippen LogP contribution is 2.28. The topological polar surface area (TPSA) is 63.4 Å². The molecule has 2 saturated heterocycles. The Morgan fingerprint density at radius 2 is 1.67 bits per heavy atom. The number of amides is 1. The lowest BCUT2D eigenvalue weighted by atomic mass is 9.93. The largest absolute Gasteiger partial charge is 0.342 e. The monoisotopic (exact) mass is 447 g/mol. The standard InChI is InChI=1S/C26H33N5O2/c1-19-3-4-23-24(17-19)28(2)26(33)31(23)22-9-15-30(16-10-22)25(32)21-7-13-29(14-8-21)18-20-5-11-27-12-6-20/h3-6,11-12,17,21-22H,7-10,13-16,18H2,1-2H3. The van der Waals surface area contributed by atoms with Gasteiger partial charge in [0.15, 0.2) is 0 Å². The van der Waals surface area contributed by atoms with Gasteiger partial charge in [0.1, 0.15) is 0 Å². The molecule has 0 N–H and O–H groups in total. The second-order valence-corrected chi connectivity index (χ2v) is 9.67. The molecule has 7 heteroatoms. The smallest absolute Gasteiger partial charge is 0.329 e. The second kappa shape index (κ2) is 9.14. The van der Waals surface area contributed by atoms with Crippen LogP contribution in [0.25, 0.3) is 11.0 Å². The Balaban J connectivity index is 1.18. The van der Waals surface area contributed by atoms with Crippen LogP contribution < -0.4 is 5.69 Å². The average molecular weight is 448 g/mol. The molecule has 174 valence electrons. The maximum absolute atomic E-state index is 13.2. The molecule has 1 aromatic carbocycles. The summed E-state index contributed by atoms with van der Waals surface area (Å²) in [6.45, 7) is 6.36. The molecular weight excluding hydrogens is 414 g/mol. The Morgan fingerprint density at radius 1 is 0.970 bits per heavy atom. The molecule has 4 heterocycles. The number of hydrogen-bond donors (Lipinski definition) is 0. The van der Waals surface area contributed by atoms with E-state index in [0.29, 0.717) is 5.91 Å². The molecule has 33 heavy (non-hydrogen) atoms. The summed E-state index contributed by atoms with van der Waals surface area (Å²) < 4.78 is 3.70. The average Bonchev–Trinajstić information content (AvgIpc) is 3.09. The van der Waals surface area contributed by atoms with Gasteiger partial charge in [0, 0.05) is 51.0 Å². The molecule has 0 radical (unpaired) electrons. The third kappa shape index (κ3) is 4.34. The molecule has 2 aliphatic heterocycles. The highest BCUT2D eigenvalue weighted by Gasteiger charge is 2.32. The van der Waals surface area contributed by atoms with E-state index < -0.39 is 0 Å². The summed E-state index contributed by atoms with van der Waals surface area (Å²) in [6, 6.07) is 10.5. The van der Waals surface area contributed by atoms with Crippen molar-refractivity contribution in [3.8, 4) is 0 Å². The quantitative estimate of drug-likeness (QED) is 0.617.